The van der Waals surface area contributed by atoms with Gasteiger partial charge < -0.3 is 9.97 Å². The fourth-order valence-corrected chi connectivity index (χ4v) is 4.29. The van der Waals surface area contributed by atoms with Crippen molar-refractivity contribution < 1.29 is 0 Å². The summed E-state index contributed by atoms with van der Waals surface area (Å²) in [4.78, 5) is 13.8. The van der Waals surface area contributed by atoms with Gasteiger partial charge in [-0.05, 0) is 35.7 Å². The molecule has 4 aromatic rings. The van der Waals surface area contributed by atoms with E-state index in [2.05, 4.69) is 56.3 Å². The Morgan fingerprint density at radius 1 is 1.15 bits per heavy atom. The summed E-state index contributed by atoms with van der Waals surface area (Å²) < 4.78 is 0. The molecule has 0 unspecified atom stereocenters. The van der Waals surface area contributed by atoms with Gasteiger partial charge in [0, 0.05) is 40.6 Å². The van der Waals surface area contributed by atoms with E-state index < -0.39 is 0 Å². The van der Waals surface area contributed by atoms with Crippen molar-refractivity contribution in [1.29, 1.82) is 0 Å². The highest BCUT2D eigenvalue weighted by Crippen LogP contribution is 2.39. The van der Waals surface area contributed by atoms with E-state index in [1.807, 2.05) is 24.5 Å². The average Bonchev–Trinajstić information content (AvgIpc) is 3.28. The van der Waals surface area contributed by atoms with E-state index in [0.29, 0.717) is 0 Å². The van der Waals surface area contributed by atoms with E-state index >= 15 is 0 Å². The zero-order chi connectivity index (χ0) is 17.5. The number of H-pyrrole nitrogens is 2. The number of benzene rings is 2. The van der Waals surface area contributed by atoms with Crippen LogP contribution >= 0.6 is 11.6 Å². The highest BCUT2D eigenvalue weighted by Gasteiger charge is 2.32. The minimum atomic E-state index is 0.134. The first kappa shape index (κ1) is 15.7. The molecule has 0 bridgehead atoms. The summed E-state index contributed by atoms with van der Waals surface area (Å²) in [5.41, 5.74) is 5.09. The molecule has 0 aliphatic carbocycles. The molecule has 0 radical (unpaired) electrons. The normalized spacial score (nSPS) is 17.5. The van der Waals surface area contributed by atoms with Crippen LogP contribution in [0.4, 0.5) is 0 Å². The third-order valence-electron chi connectivity index (χ3n) is 5.21. The monoisotopic (exact) mass is 362 g/mol. The van der Waals surface area contributed by atoms with Gasteiger partial charge in [0.2, 0.25) is 0 Å². The Balaban J connectivity index is 1.65. The van der Waals surface area contributed by atoms with Gasteiger partial charge in [0.1, 0.15) is 5.82 Å². The van der Waals surface area contributed by atoms with Crippen LogP contribution in [0, 0.1) is 0 Å². The van der Waals surface area contributed by atoms with Gasteiger partial charge in [0.15, 0.2) is 0 Å². The molecule has 130 valence electrons. The van der Waals surface area contributed by atoms with E-state index in [9.17, 15) is 0 Å². The van der Waals surface area contributed by atoms with Gasteiger partial charge >= 0.3 is 0 Å². The predicted octanol–water partition coefficient (Wildman–Crippen LogP) is 4.69. The second-order valence-electron chi connectivity index (χ2n) is 6.78. The molecule has 2 aromatic heterocycles. The zero-order valence-electron chi connectivity index (χ0n) is 14.2. The number of hydrogen-bond donors (Lipinski definition) is 2. The molecule has 5 rings (SSSR count). The molecule has 2 N–H and O–H groups in total. The van der Waals surface area contributed by atoms with Crippen molar-refractivity contribution in [1.82, 2.24) is 19.9 Å². The standard InChI is InChI=1S/C21H19ClN4/c22-15-5-3-4-14(12-15)21-20-17(16-6-1-2-7-18(16)25-20)8-11-26(21)13-19-23-9-10-24-19/h1-7,9-10,12,21,25H,8,11,13H2,(H,23,24)/t21-/m0/s1. The maximum atomic E-state index is 6.31. The SMILES string of the molecule is Clc1cccc([C@H]2c3[nH]c4ccccc4c3CCN2Cc2ncc[nH]2)c1. The van der Waals surface area contributed by atoms with E-state index in [4.69, 9.17) is 11.6 Å². The first-order valence-electron chi connectivity index (χ1n) is 8.87. The Labute approximate surface area is 156 Å². The van der Waals surface area contributed by atoms with E-state index in [-0.39, 0.29) is 6.04 Å². The molecule has 26 heavy (non-hydrogen) atoms. The Bertz CT molecular complexity index is 1050. The van der Waals surface area contributed by atoms with Gasteiger partial charge in [-0.3, -0.25) is 4.90 Å². The van der Waals surface area contributed by atoms with Crippen LogP contribution in [0.1, 0.15) is 28.7 Å². The summed E-state index contributed by atoms with van der Waals surface area (Å²) in [6.45, 7) is 1.76. The van der Waals surface area contributed by atoms with Crippen molar-refractivity contribution in [3.05, 3.63) is 88.6 Å². The lowest BCUT2D eigenvalue weighted by molar-refractivity contribution is 0.197. The largest absolute Gasteiger partial charge is 0.357 e. The number of rotatable bonds is 3. The minimum absolute atomic E-state index is 0.134. The van der Waals surface area contributed by atoms with Gasteiger partial charge in [-0.2, -0.15) is 0 Å². The van der Waals surface area contributed by atoms with Crippen molar-refractivity contribution in [3.8, 4) is 0 Å². The zero-order valence-corrected chi connectivity index (χ0v) is 15.0. The molecule has 2 aromatic carbocycles. The smallest absolute Gasteiger partial charge is 0.120 e. The number of para-hydroxylation sites is 1. The van der Waals surface area contributed by atoms with Crippen LogP contribution in [0.5, 0.6) is 0 Å². The van der Waals surface area contributed by atoms with Crippen LogP contribution in [0.2, 0.25) is 5.02 Å². The fraction of sp³-hybridized carbons (Fsp3) is 0.190. The molecule has 0 saturated carbocycles. The molecular weight excluding hydrogens is 344 g/mol. The molecule has 0 amide bonds. The fourth-order valence-electron chi connectivity index (χ4n) is 4.09. The highest BCUT2D eigenvalue weighted by atomic mass is 35.5. The van der Waals surface area contributed by atoms with Crippen LogP contribution in [0.3, 0.4) is 0 Å². The number of aromatic amines is 2. The summed E-state index contributed by atoms with van der Waals surface area (Å²) >= 11 is 6.31. The first-order valence-corrected chi connectivity index (χ1v) is 9.24. The van der Waals surface area contributed by atoms with Crippen LogP contribution in [-0.4, -0.2) is 26.4 Å². The number of halogens is 1. The third-order valence-corrected chi connectivity index (χ3v) is 5.44. The van der Waals surface area contributed by atoms with Gasteiger partial charge in [0.25, 0.3) is 0 Å². The van der Waals surface area contributed by atoms with E-state index in [1.165, 1.54) is 27.7 Å². The summed E-state index contributed by atoms with van der Waals surface area (Å²) in [5.74, 6) is 0.983. The molecule has 3 heterocycles. The van der Waals surface area contributed by atoms with Crippen molar-refractivity contribution in [3.63, 3.8) is 0 Å². The lowest BCUT2D eigenvalue weighted by Crippen LogP contribution is -2.36. The Morgan fingerprint density at radius 2 is 2.08 bits per heavy atom. The second-order valence-corrected chi connectivity index (χ2v) is 7.21. The number of aromatic nitrogens is 3. The Morgan fingerprint density at radius 3 is 2.92 bits per heavy atom. The van der Waals surface area contributed by atoms with Crippen molar-refractivity contribution in [2.45, 2.75) is 19.0 Å². The summed E-state index contributed by atoms with van der Waals surface area (Å²) in [6.07, 6.45) is 4.71. The van der Waals surface area contributed by atoms with Crippen LogP contribution in [0.15, 0.2) is 60.9 Å². The third kappa shape index (κ3) is 2.62. The van der Waals surface area contributed by atoms with Crippen molar-refractivity contribution in [2.75, 3.05) is 6.54 Å². The molecule has 1 aliphatic heterocycles. The number of imidazole rings is 1. The van der Waals surface area contributed by atoms with Crippen LogP contribution < -0.4 is 0 Å². The minimum Gasteiger partial charge on any atom is -0.357 e. The van der Waals surface area contributed by atoms with Crippen LogP contribution in [0.25, 0.3) is 10.9 Å². The van der Waals surface area contributed by atoms with Gasteiger partial charge in [0.05, 0.1) is 12.6 Å². The Kier molecular flexibility index (Phi) is 3.80. The lowest BCUT2D eigenvalue weighted by Gasteiger charge is -2.35. The number of hydrogen-bond acceptors (Lipinski definition) is 2. The Hall–Kier alpha value is -2.56. The van der Waals surface area contributed by atoms with Crippen LogP contribution in [-0.2, 0) is 13.0 Å². The number of nitrogens with zero attached hydrogens (tertiary/aromatic N) is 2. The predicted molar refractivity (Wildman–Crippen MR) is 104 cm³/mol. The average molecular weight is 363 g/mol. The van der Waals surface area contributed by atoms with E-state index in [1.54, 1.807) is 0 Å². The number of fused-ring (bicyclic) bond motifs is 3. The molecular formula is C21H19ClN4. The summed E-state index contributed by atoms with van der Waals surface area (Å²) in [5, 5.41) is 2.09. The quantitative estimate of drug-likeness (QED) is 0.555. The van der Waals surface area contributed by atoms with E-state index in [0.717, 1.165) is 30.4 Å². The maximum absolute atomic E-state index is 6.31. The molecule has 0 fully saturated rings. The first-order chi connectivity index (χ1) is 12.8. The number of nitrogens with one attached hydrogen (secondary N) is 2. The summed E-state index contributed by atoms with van der Waals surface area (Å²) in [7, 11) is 0. The highest BCUT2D eigenvalue weighted by molar-refractivity contribution is 6.30. The van der Waals surface area contributed by atoms with Gasteiger partial charge in [-0.1, -0.05) is 41.9 Å². The molecule has 4 nitrogen and oxygen atoms in total. The topological polar surface area (TPSA) is 47.7 Å². The molecule has 1 aliphatic rings. The summed E-state index contributed by atoms with van der Waals surface area (Å²) in [6, 6.07) is 16.9. The molecule has 5 heteroatoms. The lowest BCUT2D eigenvalue weighted by atomic mass is 9.92. The second kappa shape index (κ2) is 6.31. The molecule has 0 spiro atoms. The van der Waals surface area contributed by atoms with Gasteiger partial charge in [-0.25, -0.2) is 4.98 Å². The van der Waals surface area contributed by atoms with Crippen molar-refractivity contribution >= 4 is 22.5 Å². The molecule has 0 saturated heterocycles. The van der Waals surface area contributed by atoms with Gasteiger partial charge in [-0.15, -0.1) is 0 Å². The molecule has 1 atom stereocenters. The maximum Gasteiger partial charge on any atom is 0.120 e. The van der Waals surface area contributed by atoms with Crippen molar-refractivity contribution in [2.24, 2.45) is 0 Å².